The number of nitrogens with zero attached hydrogens (tertiary/aromatic N) is 2. The van der Waals surface area contributed by atoms with Crippen LogP contribution < -0.4 is 4.74 Å². The van der Waals surface area contributed by atoms with Gasteiger partial charge in [0.15, 0.2) is 0 Å². The molecule has 1 heterocycles. The van der Waals surface area contributed by atoms with Gasteiger partial charge in [0.1, 0.15) is 11.9 Å². The number of benzene rings is 1. The van der Waals surface area contributed by atoms with E-state index in [2.05, 4.69) is 0 Å². The molecular weight excluding hydrogens is 304 g/mol. The SMILES string of the molecule is C[C@@H]1CN(C)C(=O)c2ccccc2O[C@H]1CN(C)S(C)(=O)=O. The zero-order valence-electron chi connectivity index (χ0n) is 13.3. The molecule has 0 aromatic heterocycles. The van der Waals surface area contributed by atoms with Crippen molar-refractivity contribution in [2.24, 2.45) is 5.92 Å². The highest BCUT2D eigenvalue weighted by atomic mass is 32.2. The summed E-state index contributed by atoms with van der Waals surface area (Å²) in [5.74, 6) is 0.418. The van der Waals surface area contributed by atoms with Gasteiger partial charge in [-0.3, -0.25) is 4.79 Å². The van der Waals surface area contributed by atoms with E-state index >= 15 is 0 Å². The molecule has 0 N–H and O–H groups in total. The highest BCUT2D eigenvalue weighted by Crippen LogP contribution is 2.26. The van der Waals surface area contributed by atoms with E-state index in [-0.39, 0.29) is 24.5 Å². The molecule has 2 rings (SSSR count). The van der Waals surface area contributed by atoms with Crippen LogP contribution in [-0.2, 0) is 10.0 Å². The van der Waals surface area contributed by atoms with Gasteiger partial charge in [-0.1, -0.05) is 19.1 Å². The molecule has 2 atom stereocenters. The predicted octanol–water partition coefficient (Wildman–Crippen LogP) is 1.05. The summed E-state index contributed by atoms with van der Waals surface area (Å²) in [5.41, 5.74) is 0.504. The molecule has 0 bridgehead atoms. The quantitative estimate of drug-likeness (QED) is 0.833. The lowest BCUT2D eigenvalue weighted by Crippen LogP contribution is -2.46. The number of fused-ring (bicyclic) bond motifs is 1. The summed E-state index contributed by atoms with van der Waals surface area (Å²) in [4.78, 5) is 14.0. The zero-order chi connectivity index (χ0) is 16.5. The van der Waals surface area contributed by atoms with Crippen molar-refractivity contribution in [2.75, 3.05) is 33.4 Å². The van der Waals surface area contributed by atoms with E-state index in [9.17, 15) is 13.2 Å². The number of sulfonamides is 1. The molecule has 22 heavy (non-hydrogen) atoms. The van der Waals surface area contributed by atoms with Crippen molar-refractivity contribution in [3.8, 4) is 5.75 Å². The van der Waals surface area contributed by atoms with Gasteiger partial charge >= 0.3 is 0 Å². The van der Waals surface area contributed by atoms with Crippen molar-refractivity contribution in [2.45, 2.75) is 13.0 Å². The molecule has 0 saturated carbocycles. The molecule has 0 spiro atoms. The third kappa shape index (κ3) is 3.59. The van der Waals surface area contributed by atoms with E-state index in [1.54, 1.807) is 36.2 Å². The molecule has 122 valence electrons. The van der Waals surface area contributed by atoms with Crippen LogP contribution in [-0.4, -0.2) is 63.1 Å². The van der Waals surface area contributed by atoms with Gasteiger partial charge in [-0.2, -0.15) is 0 Å². The van der Waals surface area contributed by atoms with Crippen LogP contribution in [0.3, 0.4) is 0 Å². The van der Waals surface area contributed by atoms with Crippen LogP contribution in [0, 0.1) is 5.92 Å². The second kappa shape index (κ2) is 6.26. The molecule has 6 nitrogen and oxygen atoms in total. The molecule has 0 saturated heterocycles. The molecule has 1 aromatic rings. The fraction of sp³-hybridized carbons (Fsp3) is 0.533. The van der Waals surface area contributed by atoms with Gasteiger partial charge in [0, 0.05) is 26.6 Å². The van der Waals surface area contributed by atoms with Gasteiger partial charge in [0.25, 0.3) is 5.91 Å². The number of hydrogen-bond donors (Lipinski definition) is 0. The van der Waals surface area contributed by atoms with Gasteiger partial charge in [-0.25, -0.2) is 12.7 Å². The van der Waals surface area contributed by atoms with Crippen LogP contribution in [0.5, 0.6) is 5.75 Å². The summed E-state index contributed by atoms with van der Waals surface area (Å²) in [7, 11) is 0.00545. The Labute approximate surface area is 131 Å². The topological polar surface area (TPSA) is 66.9 Å². The van der Waals surface area contributed by atoms with E-state index in [0.717, 1.165) is 0 Å². The third-order valence-corrected chi connectivity index (χ3v) is 5.22. The molecule has 0 fully saturated rings. The molecule has 1 aliphatic rings. The van der Waals surface area contributed by atoms with E-state index in [1.165, 1.54) is 17.6 Å². The van der Waals surface area contributed by atoms with Crippen molar-refractivity contribution >= 4 is 15.9 Å². The predicted molar refractivity (Wildman–Crippen MR) is 84.5 cm³/mol. The summed E-state index contributed by atoms with van der Waals surface area (Å²) < 4.78 is 30.5. The summed E-state index contributed by atoms with van der Waals surface area (Å²) in [6.45, 7) is 2.71. The highest BCUT2D eigenvalue weighted by molar-refractivity contribution is 7.88. The van der Waals surface area contributed by atoms with E-state index in [1.807, 2.05) is 6.92 Å². The maximum Gasteiger partial charge on any atom is 0.257 e. The van der Waals surface area contributed by atoms with E-state index in [4.69, 9.17) is 4.74 Å². The normalized spacial score (nSPS) is 22.8. The van der Waals surface area contributed by atoms with Crippen LogP contribution in [0.25, 0.3) is 0 Å². The molecule has 7 heteroatoms. The zero-order valence-corrected chi connectivity index (χ0v) is 14.1. The second-order valence-electron chi connectivity index (χ2n) is 5.86. The molecule has 1 aromatic carbocycles. The Morgan fingerprint density at radius 3 is 2.64 bits per heavy atom. The van der Waals surface area contributed by atoms with Gasteiger partial charge in [0.2, 0.25) is 10.0 Å². The number of para-hydroxylation sites is 1. The van der Waals surface area contributed by atoms with Crippen molar-refractivity contribution in [3.05, 3.63) is 29.8 Å². The number of amides is 1. The van der Waals surface area contributed by atoms with E-state index < -0.39 is 10.0 Å². The van der Waals surface area contributed by atoms with Crippen molar-refractivity contribution < 1.29 is 17.9 Å². The number of ether oxygens (including phenoxy) is 1. The highest BCUT2D eigenvalue weighted by Gasteiger charge is 2.30. The fourth-order valence-corrected chi connectivity index (χ4v) is 2.89. The van der Waals surface area contributed by atoms with Crippen molar-refractivity contribution in [1.29, 1.82) is 0 Å². The lowest BCUT2D eigenvalue weighted by Gasteiger charge is -2.34. The lowest BCUT2D eigenvalue weighted by atomic mass is 10.0. The Bertz CT molecular complexity index is 659. The smallest absolute Gasteiger partial charge is 0.257 e. The first-order valence-corrected chi connectivity index (χ1v) is 8.97. The number of likely N-dealkylation sites (N-methyl/N-ethyl adjacent to an activating group) is 1. The standard InChI is InChI=1S/C15H22N2O4S/c1-11-9-16(2)15(18)12-7-5-6-8-13(12)21-14(11)10-17(3)22(4,19)20/h5-8,11,14H,9-10H2,1-4H3/t11-,14+/m1/s1. The summed E-state index contributed by atoms with van der Waals surface area (Å²) in [6, 6.07) is 7.06. The van der Waals surface area contributed by atoms with E-state index in [0.29, 0.717) is 17.9 Å². The average Bonchev–Trinajstić information content (AvgIpc) is 2.44. The molecular formula is C15H22N2O4S. The maximum atomic E-state index is 12.4. The van der Waals surface area contributed by atoms with Crippen LogP contribution in [0.4, 0.5) is 0 Å². The monoisotopic (exact) mass is 326 g/mol. The Balaban J connectivity index is 2.33. The summed E-state index contributed by atoms with van der Waals surface area (Å²) in [6.07, 6.45) is 0.848. The van der Waals surface area contributed by atoms with Crippen molar-refractivity contribution in [3.63, 3.8) is 0 Å². The van der Waals surface area contributed by atoms with Crippen molar-refractivity contribution in [1.82, 2.24) is 9.21 Å². The van der Waals surface area contributed by atoms with Crippen LogP contribution in [0.2, 0.25) is 0 Å². The Morgan fingerprint density at radius 1 is 1.36 bits per heavy atom. The number of carbonyl (C=O) groups is 1. The number of carbonyl (C=O) groups excluding carboxylic acids is 1. The van der Waals surface area contributed by atoms with Crippen LogP contribution in [0.1, 0.15) is 17.3 Å². The molecule has 1 aliphatic heterocycles. The Hall–Kier alpha value is -1.60. The average molecular weight is 326 g/mol. The second-order valence-corrected chi connectivity index (χ2v) is 7.95. The third-order valence-electron chi connectivity index (χ3n) is 3.94. The first kappa shape index (κ1) is 16.8. The first-order valence-electron chi connectivity index (χ1n) is 7.12. The maximum absolute atomic E-state index is 12.4. The minimum atomic E-state index is -3.28. The van der Waals surface area contributed by atoms with Crippen LogP contribution in [0.15, 0.2) is 24.3 Å². The van der Waals surface area contributed by atoms with Gasteiger partial charge in [-0.15, -0.1) is 0 Å². The van der Waals surface area contributed by atoms with Gasteiger partial charge in [0.05, 0.1) is 18.4 Å². The van der Waals surface area contributed by atoms with Gasteiger partial charge < -0.3 is 9.64 Å². The summed E-state index contributed by atoms with van der Waals surface area (Å²) >= 11 is 0. The molecule has 0 unspecified atom stereocenters. The lowest BCUT2D eigenvalue weighted by molar-refractivity contribution is 0.0605. The number of rotatable bonds is 3. The van der Waals surface area contributed by atoms with Gasteiger partial charge in [-0.05, 0) is 12.1 Å². The number of hydrogen-bond acceptors (Lipinski definition) is 4. The summed E-state index contributed by atoms with van der Waals surface area (Å²) in [5, 5.41) is 0. The first-order chi connectivity index (χ1) is 10.2. The fourth-order valence-electron chi connectivity index (χ4n) is 2.47. The Morgan fingerprint density at radius 2 is 2.00 bits per heavy atom. The molecule has 1 amide bonds. The minimum absolute atomic E-state index is 0.00602. The largest absolute Gasteiger partial charge is 0.488 e. The van der Waals surface area contributed by atoms with Crippen LogP contribution >= 0.6 is 0 Å². The minimum Gasteiger partial charge on any atom is -0.488 e. The molecule has 0 aliphatic carbocycles. The Kier molecular flexibility index (Phi) is 4.77. The molecule has 0 radical (unpaired) electrons.